The highest BCUT2D eigenvalue weighted by Gasteiger charge is 2.34. The van der Waals surface area contributed by atoms with Crippen LogP contribution in [0, 0.1) is 25.2 Å². The second-order valence-electron chi connectivity index (χ2n) is 10.4. The minimum Gasteiger partial charge on any atom is -0.491 e. The molecule has 0 unspecified atom stereocenters. The van der Waals surface area contributed by atoms with Crippen LogP contribution in [0.5, 0.6) is 5.75 Å². The summed E-state index contributed by atoms with van der Waals surface area (Å²) in [7, 11) is 0. The molecule has 236 valence electrons. The summed E-state index contributed by atoms with van der Waals surface area (Å²) in [6, 6.07) is 13.4. The van der Waals surface area contributed by atoms with Crippen LogP contribution in [0.15, 0.2) is 64.9 Å². The van der Waals surface area contributed by atoms with Crippen LogP contribution in [0.1, 0.15) is 33.0 Å². The molecule has 9 nitrogen and oxygen atoms in total. The molecule has 4 heterocycles. The third kappa shape index (κ3) is 5.77. The molecule has 0 fully saturated rings. The molecule has 0 saturated heterocycles. The smallest absolute Gasteiger partial charge is 0.417 e. The number of hydrogen-bond acceptors (Lipinski definition) is 8. The second kappa shape index (κ2) is 12.1. The molecule has 0 aliphatic rings. The second-order valence-corrected chi connectivity index (χ2v) is 11.8. The molecule has 6 rings (SSSR count). The number of carboxylic acids is 1. The zero-order chi connectivity index (χ0) is 33.6. The van der Waals surface area contributed by atoms with Gasteiger partial charge in [0.2, 0.25) is 0 Å². The van der Waals surface area contributed by atoms with E-state index in [1.807, 2.05) is 6.07 Å². The van der Waals surface area contributed by atoms with Gasteiger partial charge in [-0.2, -0.15) is 18.4 Å². The summed E-state index contributed by atoms with van der Waals surface area (Å²) in [6.07, 6.45) is -3.53. The highest BCUT2D eigenvalue weighted by Crippen LogP contribution is 2.41. The van der Waals surface area contributed by atoms with E-state index in [9.17, 15) is 33.1 Å². The van der Waals surface area contributed by atoms with E-state index >= 15 is 0 Å². The number of rotatable bonds is 7. The van der Waals surface area contributed by atoms with Crippen LogP contribution in [-0.2, 0) is 12.7 Å². The summed E-state index contributed by atoms with van der Waals surface area (Å²) >= 11 is 7.58. The third-order valence-electron chi connectivity index (χ3n) is 7.48. The van der Waals surface area contributed by atoms with Crippen molar-refractivity contribution in [2.45, 2.75) is 26.6 Å². The van der Waals surface area contributed by atoms with Gasteiger partial charge in [-0.05, 0) is 44.2 Å². The van der Waals surface area contributed by atoms with Crippen LogP contribution in [0.3, 0.4) is 0 Å². The van der Waals surface area contributed by atoms with E-state index in [0.29, 0.717) is 37.8 Å². The number of nitrogens with zero attached hydrogens (tertiary/aromatic N) is 5. The number of thiophene rings is 1. The summed E-state index contributed by atoms with van der Waals surface area (Å²) in [4.78, 5) is 38.5. The van der Waals surface area contributed by atoms with Crippen molar-refractivity contribution >= 4 is 50.0 Å². The minimum atomic E-state index is -4.72. The minimum absolute atomic E-state index is 0.0235. The highest BCUT2D eigenvalue weighted by atomic mass is 35.5. The van der Waals surface area contributed by atoms with E-state index in [1.54, 1.807) is 38.1 Å². The predicted octanol–water partition coefficient (Wildman–Crippen LogP) is 7.67. The summed E-state index contributed by atoms with van der Waals surface area (Å²) < 4.78 is 49.5. The van der Waals surface area contributed by atoms with Crippen LogP contribution in [-0.4, -0.2) is 37.2 Å². The Morgan fingerprint density at radius 2 is 1.87 bits per heavy atom. The average molecular weight is 676 g/mol. The van der Waals surface area contributed by atoms with E-state index < -0.39 is 23.3 Å². The van der Waals surface area contributed by atoms with Crippen molar-refractivity contribution in [3.63, 3.8) is 0 Å². The highest BCUT2D eigenvalue weighted by molar-refractivity contribution is 7.18. The summed E-state index contributed by atoms with van der Waals surface area (Å²) in [5.41, 5.74) is -0.217. The third-order valence-corrected chi connectivity index (χ3v) is 8.71. The monoisotopic (exact) mass is 675 g/mol. The number of aromatic carboxylic acids is 1. The van der Waals surface area contributed by atoms with Gasteiger partial charge in [-0.1, -0.05) is 29.8 Å². The number of aromatic nitrogens is 4. The molecule has 0 atom stereocenters. The lowest BCUT2D eigenvalue weighted by Crippen LogP contribution is -2.27. The van der Waals surface area contributed by atoms with Crippen LogP contribution in [0.4, 0.5) is 13.2 Å². The lowest BCUT2D eigenvalue weighted by atomic mass is 9.98. The molecule has 14 heteroatoms. The number of carbonyl (C=O) groups is 1. The molecule has 0 aliphatic carbocycles. The van der Waals surface area contributed by atoms with Crippen molar-refractivity contribution in [3.05, 3.63) is 104 Å². The maximum atomic E-state index is 13.8. The van der Waals surface area contributed by atoms with Gasteiger partial charge in [0.1, 0.15) is 24.3 Å². The first-order valence-electron chi connectivity index (χ1n) is 13.9. The average Bonchev–Trinajstić information content (AvgIpc) is 3.46. The zero-order valence-corrected chi connectivity index (χ0v) is 26.1. The Bertz CT molecular complexity index is 2350. The van der Waals surface area contributed by atoms with Gasteiger partial charge < -0.3 is 9.84 Å². The van der Waals surface area contributed by atoms with E-state index in [2.05, 4.69) is 15.0 Å². The molecule has 6 aromatic rings. The largest absolute Gasteiger partial charge is 0.491 e. The van der Waals surface area contributed by atoms with Crippen molar-refractivity contribution in [1.82, 2.24) is 19.5 Å². The van der Waals surface area contributed by atoms with Crippen molar-refractivity contribution in [2.24, 2.45) is 0 Å². The first kappa shape index (κ1) is 31.7. The molecule has 1 N–H and O–H groups in total. The van der Waals surface area contributed by atoms with Gasteiger partial charge in [-0.3, -0.25) is 19.3 Å². The van der Waals surface area contributed by atoms with Gasteiger partial charge >= 0.3 is 12.1 Å². The topological polar surface area (TPSA) is 131 Å². The van der Waals surface area contributed by atoms with Crippen molar-refractivity contribution in [1.29, 1.82) is 5.26 Å². The van der Waals surface area contributed by atoms with Crippen molar-refractivity contribution in [3.8, 4) is 34.2 Å². The van der Waals surface area contributed by atoms with Crippen LogP contribution in [0.25, 0.3) is 43.5 Å². The Morgan fingerprint density at radius 3 is 2.60 bits per heavy atom. The number of halogens is 4. The number of aryl methyl sites for hydroxylation is 2. The standard InChI is InChI=1S/C33H21ClF3N5O4S/c1-16-11-21(30-29(40-16)23(15-47-30)32(44)45)20-12-18(34)7-8-26(20)46-10-9-42-17(2)41-25-14-39-28(22(13-38)27(25)31(42)43)19-5-3-4-6-24(19)33(35,36)37/h3-8,11-12,14-15H,9-10H2,1-2H3,(H,44,45). The van der Waals surface area contributed by atoms with Gasteiger partial charge in [-0.25, -0.2) is 9.78 Å². The number of benzene rings is 2. The maximum Gasteiger partial charge on any atom is 0.417 e. The van der Waals surface area contributed by atoms with E-state index in [4.69, 9.17) is 16.3 Å². The Balaban J connectivity index is 1.38. The predicted molar refractivity (Wildman–Crippen MR) is 171 cm³/mol. The number of hydrogen-bond donors (Lipinski definition) is 1. The number of ether oxygens (including phenoxy) is 1. The fourth-order valence-corrected chi connectivity index (χ4v) is 6.59. The number of carboxylic acid groups (broad SMARTS) is 1. The van der Waals surface area contributed by atoms with E-state index in [-0.39, 0.29) is 52.3 Å². The molecule has 4 aromatic heterocycles. The summed E-state index contributed by atoms with van der Waals surface area (Å²) in [5.74, 6) is -0.415. The van der Waals surface area contributed by atoms with Crippen LogP contribution >= 0.6 is 22.9 Å². The Labute approximate surface area is 273 Å². The van der Waals surface area contributed by atoms with E-state index in [1.165, 1.54) is 45.7 Å². The Kier molecular flexibility index (Phi) is 8.17. The molecule has 0 radical (unpaired) electrons. The van der Waals surface area contributed by atoms with E-state index in [0.717, 1.165) is 6.07 Å². The molecule has 0 saturated carbocycles. The molecule has 0 aliphatic heterocycles. The first-order valence-corrected chi connectivity index (χ1v) is 15.2. The summed E-state index contributed by atoms with van der Waals surface area (Å²) in [6.45, 7) is 3.26. The summed E-state index contributed by atoms with van der Waals surface area (Å²) in [5, 5.41) is 21.5. The van der Waals surface area contributed by atoms with Gasteiger partial charge in [0.25, 0.3) is 5.56 Å². The molecule has 47 heavy (non-hydrogen) atoms. The molecule has 0 bridgehead atoms. The normalized spacial score (nSPS) is 11.6. The van der Waals surface area contributed by atoms with Gasteiger partial charge in [-0.15, -0.1) is 11.3 Å². The maximum absolute atomic E-state index is 13.8. The van der Waals surface area contributed by atoms with Gasteiger partial charge in [0.15, 0.2) is 0 Å². The molecular formula is C33H21ClF3N5O4S. The van der Waals surface area contributed by atoms with Crippen LogP contribution < -0.4 is 10.3 Å². The molecular weight excluding hydrogens is 655 g/mol. The number of alkyl halides is 3. The molecule has 0 amide bonds. The fourth-order valence-electron chi connectivity index (χ4n) is 5.41. The van der Waals surface area contributed by atoms with Crippen molar-refractivity contribution in [2.75, 3.05) is 6.61 Å². The Morgan fingerprint density at radius 1 is 1.11 bits per heavy atom. The van der Waals surface area contributed by atoms with Gasteiger partial charge in [0, 0.05) is 32.8 Å². The molecule has 0 spiro atoms. The first-order chi connectivity index (χ1) is 22.4. The number of pyridine rings is 2. The lowest BCUT2D eigenvalue weighted by Gasteiger charge is -2.16. The quantitative estimate of drug-likeness (QED) is 0.182. The van der Waals surface area contributed by atoms with Gasteiger partial charge in [0.05, 0.1) is 56.2 Å². The lowest BCUT2D eigenvalue weighted by molar-refractivity contribution is -0.137. The molecule has 2 aromatic carbocycles. The number of fused-ring (bicyclic) bond motifs is 2. The van der Waals surface area contributed by atoms with Crippen molar-refractivity contribution < 1.29 is 27.8 Å². The zero-order valence-electron chi connectivity index (χ0n) is 24.5. The fraction of sp³-hybridized carbons (Fsp3) is 0.152. The SMILES string of the molecule is Cc1cc(-c2cc(Cl)ccc2OCCn2c(C)nc3cnc(-c4ccccc4C(F)(F)F)c(C#N)c3c2=O)c2scc(C(=O)O)c2n1. The van der Waals surface area contributed by atoms with Crippen LogP contribution in [0.2, 0.25) is 5.02 Å². The number of nitriles is 1. The Hall–Kier alpha value is -5.32.